The second-order valence-corrected chi connectivity index (χ2v) is 12.1. The van der Waals surface area contributed by atoms with Gasteiger partial charge in [-0.2, -0.15) is 0 Å². The number of thiophene rings is 1. The maximum absolute atomic E-state index is 13.5. The molecule has 2 aliphatic rings. The molecule has 39 heavy (non-hydrogen) atoms. The zero-order chi connectivity index (χ0) is 27.5. The van der Waals surface area contributed by atoms with Crippen molar-refractivity contribution in [3.8, 4) is 23.3 Å². The summed E-state index contributed by atoms with van der Waals surface area (Å²) in [6.45, 7) is 3.70. The van der Waals surface area contributed by atoms with Gasteiger partial charge in [0.1, 0.15) is 29.0 Å². The molecular formula is C31H39N3O4S. The first-order valence-corrected chi connectivity index (χ1v) is 15.0. The first kappa shape index (κ1) is 27.9. The fraction of sp³-hybridized carbons (Fsp3) is 0.548. The Morgan fingerprint density at radius 3 is 2.67 bits per heavy atom. The van der Waals surface area contributed by atoms with Crippen molar-refractivity contribution in [1.82, 2.24) is 14.5 Å². The maximum Gasteiger partial charge on any atom is 0.275 e. The molecule has 2 bridgehead atoms. The van der Waals surface area contributed by atoms with Crippen LogP contribution in [0.2, 0.25) is 0 Å². The van der Waals surface area contributed by atoms with Crippen LogP contribution in [0.1, 0.15) is 75.7 Å². The second-order valence-electron chi connectivity index (χ2n) is 11.1. The number of ether oxygens (including phenoxy) is 1. The highest BCUT2D eigenvalue weighted by atomic mass is 32.1. The molecule has 2 N–H and O–H groups in total. The Morgan fingerprint density at radius 2 is 1.95 bits per heavy atom. The van der Waals surface area contributed by atoms with Gasteiger partial charge >= 0.3 is 0 Å². The molecule has 0 aliphatic carbocycles. The van der Waals surface area contributed by atoms with Gasteiger partial charge in [0.25, 0.3) is 5.56 Å². The summed E-state index contributed by atoms with van der Waals surface area (Å²) in [6, 6.07) is 9.02. The van der Waals surface area contributed by atoms with E-state index >= 15 is 0 Å². The highest BCUT2D eigenvalue weighted by Crippen LogP contribution is 2.37. The number of rotatable bonds is 9. The molecule has 0 saturated carbocycles. The number of aryl methyl sites for hydroxylation is 1. The van der Waals surface area contributed by atoms with Crippen LogP contribution in [-0.4, -0.2) is 62.1 Å². The molecule has 3 unspecified atom stereocenters. The van der Waals surface area contributed by atoms with E-state index in [1.165, 1.54) is 24.2 Å². The molecule has 0 radical (unpaired) electrons. The molecule has 5 atom stereocenters. The average Bonchev–Trinajstić information content (AvgIpc) is 3.42. The molecule has 3 aromatic rings. The Morgan fingerprint density at radius 1 is 1.18 bits per heavy atom. The van der Waals surface area contributed by atoms with Gasteiger partial charge in [0.2, 0.25) is 0 Å². The van der Waals surface area contributed by atoms with E-state index in [1.807, 2.05) is 26.0 Å². The third-order valence-electron chi connectivity index (χ3n) is 8.18. The van der Waals surface area contributed by atoms with Crippen molar-refractivity contribution in [2.45, 2.75) is 102 Å². The molecule has 0 amide bonds. The van der Waals surface area contributed by atoms with Crippen molar-refractivity contribution in [2.24, 2.45) is 0 Å². The summed E-state index contributed by atoms with van der Waals surface area (Å²) in [5.74, 6) is 6.68. The largest absolute Gasteiger partial charge is 0.490 e. The quantitative estimate of drug-likeness (QED) is 0.298. The van der Waals surface area contributed by atoms with Crippen LogP contribution in [0.25, 0.3) is 15.9 Å². The van der Waals surface area contributed by atoms with Crippen molar-refractivity contribution >= 4 is 21.6 Å². The first-order valence-electron chi connectivity index (χ1n) is 14.2. The number of aromatic nitrogens is 2. The highest BCUT2D eigenvalue weighted by Gasteiger charge is 2.39. The van der Waals surface area contributed by atoms with E-state index in [0.717, 1.165) is 60.4 Å². The van der Waals surface area contributed by atoms with Crippen molar-refractivity contribution < 1.29 is 14.9 Å². The lowest BCUT2D eigenvalue weighted by molar-refractivity contribution is 0.0655. The fourth-order valence-electron chi connectivity index (χ4n) is 5.83. The summed E-state index contributed by atoms with van der Waals surface area (Å²) in [5.41, 5.74) is 2.34. The number of unbranched alkanes of at least 4 members (excludes halogenated alkanes) is 1. The predicted octanol–water partition coefficient (Wildman–Crippen LogP) is 4.67. The molecule has 2 fully saturated rings. The number of hydrogen-bond acceptors (Lipinski definition) is 7. The highest BCUT2D eigenvalue weighted by molar-refractivity contribution is 7.19. The summed E-state index contributed by atoms with van der Waals surface area (Å²) in [7, 11) is 2.24. The molecule has 8 heteroatoms. The van der Waals surface area contributed by atoms with E-state index in [2.05, 4.69) is 34.8 Å². The van der Waals surface area contributed by atoms with Gasteiger partial charge in [-0.25, -0.2) is 4.98 Å². The van der Waals surface area contributed by atoms with Crippen LogP contribution in [0.3, 0.4) is 0 Å². The summed E-state index contributed by atoms with van der Waals surface area (Å²) in [4.78, 5) is 21.2. The van der Waals surface area contributed by atoms with Gasteiger partial charge < -0.3 is 19.8 Å². The number of benzene rings is 1. The number of aliphatic hydroxyl groups excluding tert-OH is 2. The lowest BCUT2D eigenvalue weighted by Crippen LogP contribution is -2.43. The van der Waals surface area contributed by atoms with Gasteiger partial charge in [-0.05, 0) is 95.2 Å². The van der Waals surface area contributed by atoms with Crippen LogP contribution in [0.4, 0.5) is 0 Å². The monoisotopic (exact) mass is 549 g/mol. The molecule has 2 aliphatic heterocycles. The molecule has 2 aromatic heterocycles. The molecule has 5 rings (SSSR count). The number of fused-ring (bicyclic) bond motifs is 3. The maximum atomic E-state index is 13.5. The Labute approximate surface area is 234 Å². The van der Waals surface area contributed by atoms with Gasteiger partial charge in [0.05, 0.1) is 22.2 Å². The van der Waals surface area contributed by atoms with Gasteiger partial charge in [0.15, 0.2) is 0 Å². The van der Waals surface area contributed by atoms with Crippen LogP contribution >= 0.6 is 11.3 Å². The predicted molar refractivity (Wildman–Crippen MR) is 156 cm³/mol. The summed E-state index contributed by atoms with van der Waals surface area (Å²) >= 11 is 1.31. The van der Waals surface area contributed by atoms with E-state index < -0.39 is 6.10 Å². The molecule has 4 heterocycles. The van der Waals surface area contributed by atoms with Crippen LogP contribution in [0.15, 0.2) is 35.4 Å². The summed E-state index contributed by atoms with van der Waals surface area (Å²) < 4.78 is 8.77. The van der Waals surface area contributed by atoms with Crippen molar-refractivity contribution in [2.75, 3.05) is 7.05 Å². The second kappa shape index (κ2) is 12.2. The normalized spacial score (nSPS) is 22.4. The van der Waals surface area contributed by atoms with Crippen molar-refractivity contribution in [1.29, 1.82) is 0 Å². The lowest BCUT2D eigenvalue weighted by Gasteiger charge is -2.36. The lowest BCUT2D eigenvalue weighted by atomic mass is 9.99. The minimum Gasteiger partial charge on any atom is -0.490 e. The third kappa shape index (κ3) is 6.38. The number of nitrogens with zero attached hydrogens (tertiary/aromatic N) is 3. The Bertz CT molecular complexity index is 1400. The van der Waals surface area contributed by atoms with Crippen LogP contribution < -0.4 is 10.3 Å². The summed E-state index contributed by atoms with van der Waals surface area (Å²) in [5, 5.41) is 19.5. The molecule has 7 nitrogen and oxygen atoms in total. The molecule has 0 spiro atoms. The van der Waals surface area contributed by atoms with Crippen LogP contribution in [-0.2, 0) is 6.42 Å². The van der Waals surface area contributed by atoms with Crippen LogP contribution in [0.5, 0.6) is 5.75 Å². The average molecular weight is 550 g/mol. The smallest absolute Gasteiger partial charge is 0.275 e. The zero-order valence-corrected chi connectivity index (χ0v) is 23.9. The third-order valence-corrected chi connectivity index (χ3v) is 9.20. The molecule has 2 saturated heterocycles. The Kier molecular flexibility index (Phi) is 8.73. The molecule has 1 aromatic carbocycles. The minimum absolute atomic E-state index is 0.130. The van der Waals surface area contributed by atoms with E-state index in [9.17, 15) is 15.0 Å². The van der Waals surface area contributed by atoms with Crippen molar-refractivity contribution in [3.63, 3.8) is 0 Å². The minimum atomic E-state index is -0.677. The van der Waals surface area contributed by atoms with Crippen LogP contribution in [0, 0.1) is 11.8 Å². The first-order chi connectivity index (χ1) is 18.8. The fourth-order valence-corrected chi connectivity index (χ4v) is 6.74. The van der Waals surface area contributed by atoms with Gasteiger partial charge in [-0.15, -0.1) is 11.3 Å². The number of hydrogen-bond donors (Lipinski definition) is 2. The Hall–Kier alpha value is -2.70. The standard InChI is InChI=1S/C31H39N3O4S/c1-4-25(36)12-13-27-18-28-30(39-27)31(37)34(19-32-28)24-11-14-29(21(15-24)8-6-5-7-20(2)35)38-26-16-22-9-10-23(17-26)33(22)3/h11,14-15,18-20,22-23,25-26,35-36H,4-10,16-17H2,1-3H3/t20?,22-,23+,25?,26?. The van der Waals surface area contributed by atoms with Gasteiger partial charge in [-0.3, -0.25) is 9.36 Å². The summed E-state index contributed by atoms with van der Waals surface area (Å²) in [6.07, 6.45) is 9.42. The number of aliphatic hydroxyl groups is 2. The zero-order valence-electron chi connectivity index (χ0n) is 23.1. The van der Waals surface area contributed by atoms with E-state index in [1.54, 1.807) is 17.0 Å². The van der Waals surface area contributed by atoms with Gasteiger partial charge in [0, 0.05) is 12.1 Å². The van der Waals surface area contributed by atoms with Crippen molar-refractivity contribution in [3.05, 3.63) is 51.4 Å². The molecule has 208 valence electrons. The van der Waals surface area contributed by atoms with E-state index in [4.69, 9.17) is 4.74 Å². The van der Waals surface area contributed by atoms with E-state index in [-0.39, 0.29) is 17.8 Å². The van der Waals surface area contributed by atoms with E-state index in [0.29, 0.717) is 28.7 Å². The number of piperidine rings is 1. The Balaban J connectivity index is 1.42. The SMILES string of the molecule is CCC(O)C#Cc1cc2ncn(-c3ccc(OC4C[C@H]5CC[C@@H](C4)N5C)c(CCCCC(C)O)c3)c(=O)c2s1. The topological polar surface area (TPSA) is 87.8 Å². The van der Waals surface area contributed by atoms with Gasteiger partial charge in [-0.1, -0.05) is 25.2 Å². The molecular weight excluding hydrogens is 510 g/mol.